The molecule has 29 heavy (non-hydrogen) atoms. The van der Waals surface area contributed by atoms with Crippen LogP contribution >= 0.6 is 0 Å². The monoisotopic (exact) mass is 392 g/mol. The Hall–Kier alpha value is -3.64. The third-order valence-electron chi connectivity index (χ3n) is 4.01. The summed E-state index contributed by atoms with van der Waals surface area (Å²) in [5, 5.41) is 0.486. The first-order valence-corrected chi connectivity index (χ1v) is 8.84. The molecule has 6 nitrogen and oxygen atoms in total. The van der Waals surface area contributed by atoms with Crippen LogP contribution < -0.4 is 10.2 Å². The van der Waals surface area contributed by atoms with Gasteiger partial charge in [0.25, 0.3) is 0 Å². The van der Waals surface area contributed by atoms with E-state index in [1.54, 1.807) is 44.6 Å². The molecule has 4 rings (SSSR count). The standard InChI is InChI=1S/C21H14O5.C2H6O/c22-11-16-6-7-17(26-16)12-24-15-8-9-18-20(10-15)25-13-19(21(18)23)14-4-2-1-3-5-14;1-3-2/h1-11,13H,12H2;1-2H3. The number of rotatable bonds is 5. The van der Waals surface area contributed by atoms with Crippen molar-refractivity contribution in [2.75, 3.05) is 14.2 Å². The molecule has 2 aromatic carbocycles. The van der Waals surface area contributed by atoms with Crippen molar-refractivity contribution in [1.82, 2.24) is 0 Å². The first kappa shape index (κ1) is 20.1. The number of methoxy groups -OCH3 is 1. The predicted octanol–water partition coefficient (Wildman–Crippen LogP) is 4.71. The largest absolute Gasteiger partial charge is 0.486 e. The Kier molecular flexibility index (Phi) is 6.60. The molecular weight excluding hydrogens is 372 g/mol. The summed E-state index contributed by atoms with van der Waals surface area (Å²) in [4.78, 5) is 23.3. The van der Waals surface area contributed by atoms with E-state index in [9.17, 15) is 9.59 Å². The molecule has 0 saturated heterocycles. The second kappa shape index (κ2) is 9.52. The summed E-state index contributed by atoms with van der Waals surface area (Å²) in [5.41, 5.74) is 1.68. The van der Waals surface area contributed by atoms with Crippen molar-refractivity contribution in [2.45, 2.75) is 6.61 Å². The summed E-state index contributed by atoms with van der Waals surface area (Å²) < 4.78 is 20.8. The Morgan fingerprint density at radius 3 is 2.45 bits per heavy atom. The average Bonchev–Trinajstić information content (AvgIpc) is 3.22. The van der Waals surface area contributed by atoms with Crippen molar-refractivity contribution in [3.8, 4) is 16.9 Å². The third kappa shape index (κ3) is 4.80. The van der Waals surface area contributed by atoms with Crippen molar-refractivity contribution < 1.29 is 23.1 Å². The van der Waals surface area contributed by atoms with Gasteiger partial charge in [0.15, 0.2) is 17.5 Å². The fourth-order valence-corrected chi connectivity index (χ4v) is 2.71. The molecule has 0 amide bonds. The van der Waals surface area contributed by atoms with Crippen LogP contribution in [0.15, 0.2) is 80.6 Å². The molecule has 0 aliphatic heterocycles. The molecule has 0 saturated carbocycles. The number of ether oxygens (including phenoxy) is 2. The molecule has 0 atom stereocenters. The van der Waals surface area contributed by atoms with E-state index in [4.69, 9.17) is 13.6 Å². The number of benzene rings is 2. The van der Waals surface area contributed by atoms with Crippen molar-refractivity contribution in [2.24, 2.45) is 0 Å². The molecule has 0 N–H and O–H groups in total. The minimum atomic E-state index is -0.0920. The molecule has 2 aromatic heterocycles. The normalized spacial score (nSPS) is 10.3. The molecule has 148 valence electrons. The lowest BCUT2D eigenvalue weighted by molar-refractivity contribution is 0.109. The smallest absolute Gasteiger partial charge is 0.200 e. The second-order valence-electron chi connectivity index (χ2n) is 6.12. The fourth-order valence-electron chi connectivity index (χ4n) is 2.71. The summed E-state index contributed by atoms with van der Waals surface area (Å²) >= 11 is 0. The number of carbonyl (C=O) groups excluding carboxylic acids is 1. The molecule has 4 aromatic rings. The van der Waals surface area contributed by atoms with Crippen molar-refractivity contribution in [3.63, 3.8) is 0 Å². The van der Waals surface area contributed by atoms with Gasteiger partial charge in [0.2, 0.25) is 0 Å². The molecular formula is C23H20O6. The topological polar surface area (TPSA) is 78.9 Å². The zero-order valence-electron chi connectivity index (χ0n) is 16.1. The Morgan fingerprint density at radius 1 is 1.00 bits per heavy atom. The van der Waals surface area contributed by atoms with Crippen molar-refractivity contribution in [1.29, 1.82) is 0 Å². The van der Waals surface area contributed by atoms with Gasteiger partial charge >= 0.3 is 0 Å². The van der Waals surface area contributed by atoms with Gasteiger partial charge < -0.3 is 18.3 Å². The molecule has 6 heteroatoms. The van der Waals surface area contributed by atoms with E-state index >= 15 is 0 Å². The summed E-state index contributed by atoms with van der Waals surface area (Å²) in [7, 11) is 3.25. The van der Waals surface area contributed by atoms with E-state index in [1.165, 1.54) is 6.26 Å². The van der Waals surface area contributed by atoms with Crippen LogP contribution in [-0.4, -0.2) is 20.5 Å². The van der Waals surface area contributed by atoms with Gasteiger partial charge in [0, 0.05) is 20.3 Å². The van der Waals surface area contributed by atoms with Gasteiger partial charge in [-0.15, -0.1) is 0 Å². The second-order valence-corrected chi connectivity index (χ2v) is 6.12. The zero-order valence-corrected chi connectivity index (χ0v) is 16.1. The highest BCUT2D eigenvalue weighted by Crippen LogP contribution is 2.23. The minimum absolute atomic E-state index is 0.0920. The van der Waals surface area contributed by atoms with Gasteiger partial charge in [-0.2, -0.15) is 0 Å². The molecule has 0 spiro atoms. The van der Waals surface area contributed by atoms with Crippen LogP contribution in [0, 0.1) is 0 Å². The average molecular weight is 392 g/mol. The maximum atomic E-state index is 12.7. The van der Waals surface area contributed by atoms with Crippen LogP contribution in [0.4, 0.5) is 0 Å². The quantitative estimate of drug-likeness (QED) is 0.458. The zero-order chi connectivity index (χ0) is 20.6. The summed E-state index contributed by atoms with van der Waals surface area (Å²) in [6, 6.07) is 17.7. The van der Waals surface area contributed by atoms with Crippen LogP contribution in [0.1, 0.15) is 16.3 Å². The maximum Gasteiger partial charge on any atom is 0.200 e. The first-order chi connectivity index (χ1) is 14.2. The minimum Gasteiger partial charge on any atom is -0.486 e. The molecule has 0 unspecified atom stereocenters. The molecule has 0 fully saturated rings. The Morgan fingerprint density at radius 2 is 1.76 bits per heavy atom. The van der Waals surface area contributed by atoms with E-state index in [-0.39, 0.29) is 17.8 Å². The highest BCUT2D eigenvalue weighted by molar-refractivity contribution is 5.82. The molecule has 0 aliphatic carbocycles. The number of aldehydes is 1. The Balaban J connectivity index is 0.000000755. The van der Waals surface area contributed by atoms with Gasteiger partial charge in [-0.1, -0.05) is 30.3 Å². The fraction of sp³-hybridized carbons (Fsp3) is 0.130. The molecule has 0 bridgehead atoms. The lowest BCUT2D eigenvalue weighted by atomic mass is 10.1. The van der Waals surface area contributed by atoms with Gasteiger partial charge in [-0.3, -0.25) is 9.59 Å². The van der Waals surface area contributed by atoms with E-state index in [1.807, 2.05) is 30.3 Å². The van der Waals surface area contributed by atoms with Crippen LogP contribution in [0.3, 0.4) is 0 Å². The van der Waals surface area contributed by atoms with Gasteiger partial charge in [-0.05, 0) is 29.8 Å². The third-order valence-corrected chi connectivity index (χ3v) is 4.01. The van der Waals surface area contributed by atoms with Gasteiger partial charge in [0.05, 0.1) is 10.9 Å². The maximum absolute atomic E-state index is 12.7. The molecule has 0 radical (unpaired) electrons. The SMILES string of the molecule is COC.O=Cc1ccc(COc2ccc3c(=O)c(-c4ccccc4)coc3c2)o1. The van der Waals surface area contributed by atoms with Gasteiger partial charge in [0.1, 0.15) is 30.0 Å². The van der Waals surface area contributed by atoms with Crippen LogP contribution in [0.25, 0.3) is 22.1 Å². The lowest BCUT2D eigenvalue weighted by Crippen LogP contribution is -2.04. The van der Waals surface area contributed by atoms with E-state index < -0.39 is 0 Å². The summed E-state index contributed by atoms with van der Waals surface area (Å²) in [5.74, 6) is 1.33. The number of hydrogen-bond donors (Lipinski definition) is 0. The van der Waals surface area contributed by atoms with Crippen LogP contribution in [0.5, 0.6) is 5.75 Å². The van der Waals surface area contributed by atoms with Gasteiger partial charge in [-0.25, -0.2) is 0 Å². The van der Waals surface area contributed by atoms with Crippen molar-refractivity contribution in [3.05, 3.63) is 88.7 Å². The highest BCUT2D eigenvalue weighted by Gasteiger charge is 2.10. The summed E-state index contributed by atoms with van der Waals surface area (Å²) in [6.07, 6.45) is 2.10. The van der Waals surface area contributed by atoms with Crippen molar-refractivity contribution >= 4 is 17.3 Å². The highest BCUT2D eigenvalue weighted by atomic mass is 16.5. The van der Waals surface area contributed by atoms with E-state index in [0.29, 0.717) is 34.3 Å². The van der Waals surface area contributed by atoms with Crippen LogP contribution in [-0.2, 0) is 11.3 Å². The number of hydrogen-bond acceptors (Lipinski definition) is 6. The number of furan rings is 1. The molecule has 2 heterocycles. The predicted molar refractivity (Wildman–Crippen MR) is 109 cm³/mol. The summed E-state index contributed by atoms with van der Waals surface area (Å²) in [6.45, 7) is 0.172. The van der Waals surface area contributed by atoms with E-state index in [0.717, 1.165) is 5.56 Å². The lowest BCUT2D eigenvalue weighted by Gasteiger charge is -2.06. The number of fused-ring (bicyclic) bond motifs is 1. The van der Waals surface area contributed by atoms with Crippen LogP contribution in [0.2, 0.25) is 0 Å². The van der Waals surface area contributed by atoms with E-state index in [2.05, 4.69) is 4.74 Å². The first-order valence-electron chi connectivity index (χ1n) is 8.84. The Labute approximate surface area is 167 Å². The number of carbonyl (C=O) groups is 1. The molecule has 0 aliphatic rings. The Bertz CT molecular complexity index is 1140.